The van der Waals surface area contributed by atoms with Crippen molar-refractivity contribution in [2.24, 2.45) is 0 Å². The molecule has 4 nitrogen and oxygen atoms in total. The van der Waals surface area contributed by atoms with Crippen molar-refractivity contribution in [1.82, 2.24) is 14.8 Å². The second kappa shape index (κ2) is 9.49. The second-order valence-corrected chi connectivity index (χ2v) is 8.37. The van der Waals surface area contributed by atoms with E-state index >= 15 is 0 Å². The van der Waals surface area contributed by atoms with Crippen LogP contribution in [0.5, 0.6) is 0 Å². The van der Waals surface area contributed by atoms with Crippen molar-refractivity contribution in [1.29, 1.82) is 0 Å². The first-order chi connectivity index (χ1) is 14.2. The molecule has 1 amide bonds. The Morgan fingerprint density at radius 2 is 1.79 bits per heavy atom. The normalized spacial score (nSPS) is 20.6. The standard InChI is InChI=1S/C24H30FN3O/c25-21-11-9-19(10-12-21)16-22-7-4-8-23(26-22)20-6-5-13-27(17-20)18-24(29)28-14-2-1-3-15-28/h4,7-12,20H,1-3,5-6,13-18H2/t20-/m0/s1. The molecule has 0 radical (unpaired) electrons. The van der Waals surface area contributed by atoms with Gasteiger partial charge in [-0.1, -0.05) is 18.2 Å². The van der Waals surface area contributed by atoms with Crippen LogP contribution in [0.1, 0.15) is 55.0 Å². The first-order valence-electron chi connectivity index (χ1n) is 10.9. The van der Waals surface area contributed by atoms with Crippen molar-refractivity contribution in [3.63, 3.8) is 0 Å². The predicted molar refractivity (Wildman–Crippen MR) is 112 cm³/mol. The van der Waals surface area contributed by atoms with E-state index in [2.05, 4.69) is 17.0 Å². The van der Waals surface area contributed by atoms with Crippen LogP contribution in [0.15, 0.2) is 42.5 Å². The summed E-state index contributed by atoms with van der Waals surface area (Å²) in [7, 11) is 0. The Hall–Kier alpha value is -2.27. The first-order valence-corrected chi connectivity index (χ1v) is 10.9. The number of benzene rings is 1. The Kier molecular flexibility index (Phi) is 6.55. The van der Waals surface area contributed by atoms with Gasteiger partial charge in [0, 0.05) is 43.4 Å². The number of aromatic nitrogens is 1. The summed E-state index contributed by atoms with van der Waals surface area (Å²) >= 11 is 0. The van der Waals surface area contributed by atoms with Crippen LogP contribution in [0.3, 0.4) is 0 Å². The number of rotatable bonds is 5. The van der Waals surface area contributed by atoms with Gasteiger partial charge in [-0.2, -0.15) is 0 Å². The zero-order valence-electron chi connectivity index (χ0n) is 17.0. The molecule has 1 aromatic carbocycles. The third kappa shape index (κ3) is 5.41. The highest BCUT2D eigenvalue weighted by Crippen LogP contribution is 2.26. The van der Waals surface area contributed by atoms with Crippen LogP contribution >= 0.6 is 0 Å². The number of carbonyl (C=O) groups is 1. The molecule has 5 heteroatoms. The fourth-order valence-electron chi connectivity index (χ4n) is 4.51. The zero-order chi connectivity index (χ0) is 20.1. The smallest absolute Gasteiger partial charge is 0.236 e. The van der Waals surface area contributed by atoms with Crippen molar-refractivity contribution in [3.8, 4) is 0 Å². The van der Waals surface area contributed by atoms with Gasteiger partial charge >= 0.3 is 0 Å². The Morgan fingerprint density at radius 1 is 1.00 bits per heavy atom. The van der Waals surface area contributed by atoms with E-state index in [1.54, 1.807) is 0 Å². The summed E-state index contributed by atoms with van der Waals surface area (Å²) in [5.41, 5.74) is 3.18. The number of carbonyl (C=O) groups excluding carboxylic acids is 1. The van der Waals surface area contributed by atoms with Crippen molar-refractivity contribution in [2.75, 3.05) is 32.7 Å². The summed E-state index contributed by atoms with van der Waals surface area (Å²) in [6.07, 6.45) is 6.44. The van der Waals surface area contributed by atoms with E-state index in [9.17, 15) is 9.18 Å². The molecule has 0 bridgehead atoms. The van der Waals surface area contributed by atoms with Crippen LogP contribution < -0.4 is 0 Å². The highest BCUT2D eigenvalue weighted by molar-refractivity contribution is 5.78. The molecule has 29 heavy (non-hydrogen) atoms. The third-order valence-electron chi connectivity index (χ3n) is 6.12. The second-order valence-electron chi connectivity index (χ2n) is 8.37. The molecule has 2 aromatic rings. The lowest BCUT2D eigenvalue weighted by molar-refractivity contribution is -0.133. The largest absolute Gasteiger partial charge is 0.342 e. The molecule has 4 rings (SSSR count). The summed E-state index contributed by atoms with van der Waals surface area (Å²) in [6, 6.07) is 12.8. The fourth-order valence-corrected chi connectivity index (χ4v) is 4.51. The van der Waals surface area contributed by atoms with E-state index in [0.717, 1.165) is 68.8 Å². The van der Waals surface area contributed by atoms with Crippen molar-refractivity contribution >= 4 is 5.91 Å². The molecule has 1 aromatic heterocycles. The summed E-state index contributed by atoms with van der Waals surface area (Å²) in [4.78, 5) is 21.9. The minimum absolute atomic E-state index is 0.211. The van der Waals surface area contributed by atoms with Crippen LogP contribution in [0.25, 0.3) is 0 Å². The van der Waals surface area contributed by atoms with Gasteiger partial charge < -0.3 is 4.90 Å². The number of amides is 1. The Balaban J connectivity index is 1.37. The minimum atomic E-state index is -0.211. The molecule has 0 aliphatic carbocycles. The molecule has 2 aliphatic heterocycles. The lowest BCUT2D eigenvalue weighted by Crippen LogP contribution is -2.45. The monoisotopic (exact) mass is 395 g/mol. The number of nitrogens with zero attached hydrogens (tertiary/aromatic N) is 3. The highest BCUT2D eigenvalue weighted by Gasteiger charge is 2.26. The first kappa shape index (κ1) is 20.0. The fraction of sp³-hybridized carbons (Fsp3) is 0.500. The quantitative estimate of drug-likeness (QED) is 0.768. The van der Waals surface area contributed by atoms with Gasteiger partial charge in [-0.15, -0.1) is 0 Å². The molecule has 0 unspecified atom stereocenters. The summed E-state index contributed by atoms with van der Waals surface area (Å²) < 4.78 is 13.1. The SMILES string of the molecule is O=C(CN1CCC[C@H](c2cccc(Cc3ccc(F)cc3)n2)C1)N1CCCCC1. The molecular weight excluding hydrogens is 365 g/mol. The summed E-state index contributed by atoms with van der Waals surface area (Å²) in [6.45, 7) is 4.26. The van der Waals surface area contributed by atoms with E-state index in [0.29, 0.717) is 18.9 Å². The average Bonchev–Trinajstić information content (AvgIpc) is 2.76. The summed E-state index contributed by atoms with van der Waals surface area (Å²) in [5.74, 6) is 0.436. The van der Waals surface area contributed by atoms with E-state index in [1.165, 1.54) is 18.6 Å². The van der Waals surface area contributed by atoms with Crippen LogP contribution in [-0.4, -0.2) is 53.4 Å². The number of hydrogen-bond acceptors (Lipinski definition) is 3. The van der Waals surface area contributed by atoms with Gasteiger partial charge in [0.1, 0.15) is 5.82 Å². The number of likely N-dealkylation sites (tertiary alicyclic amines) is 2. The van der Waals surface area contributed by atoms with Gasteiger partial charge in [-0.25, -0.2) is 4.39 Å². The molecule has 2 fully saturated rings. The average molecular weight is 396 g/mol. The maximum atomic E-state index is 13.1. The molecule has 0 N–H and O–H groups in total. The van der Waals surface area contributed by atoms with Crippen LogP contribution in [-0.2, 0) is 11.2 Å². The third-order valence-corrected chi connectivity index (χ3v) is 6.12. The van der Waals surface area contributed by atoms with Gasteiger partial charge in [0.05, 0.1) is 6.54 Å². The lowest BCUT2D eigenvalue weighted by Gasteiger charge is -2.34. The maximum absolute atomic E-state index is 13.1. The number of pyridine rings is 1. The van der Waals surface area contributed by atoms with Gasteiger partial charge in [-0.3, -0.25) is 14.7 Å². The van der Waals surface area contributed by atoms with E-state index in [1.807, 2.05) is 23.1 Å². The van der Waals surface area contributed by atoms with Crippen molar-refractivity contribution in [2.45, 2.75) is 44.4 Å². The molecule has 0 spiro atoms. The topological polar surface area (TPSA) is 36.4 Å². The van der Waals surface area contributed by atoms with Crippen molar-refractivity contribution in [3.05, 3.63) is 65.2 Å². The number of hydrogen-bond donors (Lipinski definition) is 0. The van der Waals surface area contributed by atoms with E-state index < -0.39 is 0 Å². The lowest BCUT2D eigenvalue weighted by atomic mass is 9.93. The van der Waals surface area contributed by atoms with Gasteiger partial charge in [-0.05, 0) is 68.5 Å². The highest BCUT2D eigenvalue weighted by atomic mass is 19.1. The van der Waals surface area contributed by atoms with Crippen LogP contribution in [0.2, 0.25) is 0 Å². The molecular formula is C24H30FN3O. The number of halogens is 1. The zero-order valence-corrected chi connectivity index (χ0v) is 17.0. The minimum Gasteiger partial charge on any atom is -0.342 e. The van der Waals surface area contributed by atoms with Crippen LogP contribution in [0.4, 0.5) is 4.39 Å². The maximum Gasteiger partial charge on any atom is 0.236 e. The molecule has 0 saturated carbocycles. The Morgan fingerprint density at radius 3 is 2.59 bits per heavy atom. The summed E-state index contributed by atoms with van der Waals surface area (Å²) in [5, 5.41) is 0. The van der Waals surface area contributed by atoms with E-state index in [-0.39, 0.29) is 11.7 Å². The molecule has 2 saturated heterocycles. The number of piperidine rings is 2. The molecule has 2 aliphatic rings. The van der Waals surface area contributed by atoms with Gasteiger partial charge in [0.25, 0.3) is 0 Å². The Labute approximate surface area is 172 Å². The molecule has 3 heterocycles. The molecule has 1 atom stereocenters. The predicted octanol–water partition coefficient (Wildman–Crippen LogP) is 4.00. The van der Waals surface area contributed by atoms with E-state index in [4.69, 9.17) is 4.98 Å². The van der Waals surface area contributed by atoms with Gasteiger partial charge in [0.2, 0.25) is 5.91 Å². The van der Waals surface area contributed by atoms with Crippen LogP contribution in [0, 0.1) is 5.82 Å². The van der Waals surface area contributed by atoms with Crippen molar-refractivity contribution < 1.29 is 9.18 Å². The Bertz CT molecular complexity index is 817. The molecule has 154 valence electrons. The van der Waals surface area contributed by atoms with Gasteiger partial charge in [0.15, 0.2) is 0 Å².